The maximum absolute atomic E-state index is 12.1. The number of halogens is 3. The summed E-state index contributed by atoms with van der Waals surface area (Å²) in [5.41, 5.74) is -4.96. The van der Waals surface area contributed by atoms with E-state index >= 15 is 0 Å². The number of fused-ring (bicyclic) bond motifs is 5. The average molecular weight is 281 g/mol. The van der Waals surface area contributed by atoms with Crippen molar-refractivity contribution in [3.63, 3.8) is 0 Å². The van der Waals surface area contributed by atoms with Crippen LogP contribution in [0.15, 0.2) is 12.2 Å². The Hall–Kier alpha value is -0.890. The molecule has 4 nitrogen and oxygen atoms in total. The Bertz CT molecular complexity index is 450. The highest BCUT2D eigenvalue weighted by Crippen LogP contribution is 2.52. The zero-order valence-electron chi connectivity index (χ0n) is 9.09. The minimum Gasteiger partial charge on any atom is -0.272 e. The third-order valence-corrected chi connectivity index (χ3v) is 4.57. The minimum atomic E-state index is -4.96. The molecule has 1 heterocycles. The topological polar surface area (TPSA) is 46.6 Å². The lowest BCUT2D eigenvalue weighted by Crippen LogP contribution is -2.33. The number of hydroxylamine groups is 2. The van der Waals surface area contributed by atoms with Crippen LogP contribution < -0.4 is 0 Å². The second-order valence-electron chi connectivity index (χ2n) is 4.79. The van der Waals surface area contributed by atoms with E-state index in [0.29, 0.717) is 5.06 Å². The van der Waals surface area contributed by atoms with Crippen LogP contribution in [0.4, 0.5) is 13.2 Å². The summed E-state index contributed by atoms with van der Waals surface area (Å²) < 4.78 is 51.4. The van der Waals surface area contributed by atoms with E-state index in [1.54, 1.807) is 0 Å². The van der Waals surface area contributed by atoms with Gasteiger partial charge < -0.3 is 0 Å². The number of nitrogens with zero attached hydrogens (tertiary/aromatic N) is 1. The molecule has 5 atom stereocenters. The molecule has 0 N–H and O–H groups in total. The number of rotatable bonds is 2. The van der Waals surface area contributed by atoms with Gasteiger partial charge >= 0.3 is 5.51 Å². The van der Waals surface area contributed by atoms with Crippen LogP contribution >= 0.6 is 0 Å². The summed E-state index contributed by atoms with van der Waals surface area (Å²) in [7, 11) is 0. The minimum absolute atomic E-state index is 0.00210. The first-order valence-corrected chi connectivity index (χ1v) is 6.62. The zero-order chi connectivity index (χ0) is 13.1. The van der Waals surface area contributed by atoms with Gasteiger partial charge in [0, 0.05) is 0 Å². The van der Waals surface area contributed by atoms with Crippen LogP contribution in [0.5, 0.6) is 0 Å². The highest BCUT2D eigenvalue weighted by molar-refractivity contribution is 7.81. The molecule has 100 valence electrons. The van der Waals surface area contributed by atoms with Crippen LogP contribution in [0.1, 0.15) is 6.42 Å². The van der Waals surface area contributed by atoms with Gasteiger partial charge in [0.1, 0.15) is 0 Å². The average Bonchev–Trinajstić information content (AvgIpc) is 2.91. The van der Waals surface area contributed by atoms with Crippen molar-refractivity contribution in [3.05, 3.63) is 12.2 Å². The number of hydrogen-bond acceptors (Lipinski definition) is 3. The first-order chi connectivity index (χ1) is 8.38. The highest BCUT2D eigenvalue weighted by atomic mass is 32.2. The molecule has 2 bridgehead atoms. The third kappa shape index (κ3) is 1.70. The van der Waals surface area contributed by atoms with Crippen molar-refractivity contribution in [1.29, 1.82) is 0 Å². The largest absolute Gasteiger partial charge is 0.499 e. The number of alkyl halides is 3. The molecule has 1 aliphatic heterocycles. The summed E-state index contributed by atoms with van der Waals surface area (Å²) in [5, 5.41) is 0.630. The number of amides is 1. The first kappa shape index (κ1) is 12.2. The van der Waals surface area contributed by atoms with Gasteiger partial charge in [0.25, 0.3) is 17.0 Å². The molecule has 3 rings (SSSR count). The molecule has 3 aliphatic rings. The van der Waals surface area contributed by atoms with E-state index in [1.165, 1.54) is 0 Å². The molecule has 1 amide bonds. The van der Waals surface area contributed by atoms with E-state index in [1.807, 2.05) is 12.2 Å². The Morgan fingerprint density at radius 1 is 1.33 bits per heavy atom. The van der Waals surface area contributed by atoms with E-state index in [2.05, 4.69) is 4.28 Å². The van der Waals surface area contributed by atoms with Crippen molar-refractivity contribution >= 4 is 17.0 Å². The van der Waals surface area contributed by atoms with Crippen molar-refractivity contribution in [2.45, 2.75) is 11.9 Å². The van der Waals surface area contributed by atoms with Gasteiger partial charge in [0.15, 0.2) is 0 Å². The van der Waals surface area contributed by atoms with E-state index in [-0.39, 0.29) is 30.2 Å². The molecule has 8 heteroatoms. The monoisotopic (exact) mass is 281 g/mol. The molecule has 2 aliphatic carbocycles. The van der Waals surface area contributed by atoms with Gasteiger partial charge in [-0.1, -0.05) is 12.2 Å². The molecule has 1 saturated heterocycles. The molecule has 0 spiro atoms. The number of hydrogen-bond donors (Lipinski definition) is 0. The summed E-state index contributed by atoms with van der Waals surface area (Å²) in [6, 6.07) is 0. The summed E-state index contributed by atoms with van der Waals surface area (Å²) >= 11 is -3.47. The number of allylic oxidation sites excluding steroid dienone is 2. The maximum atomic E-state index is 12.1. The van der Waals surface area contributed by atoms with Gasteiger partial charge in [0.05, 0.1) is 12.5 Å². The van der Waals surface area contributed by atoms with Crippen molar-refractivity contribution in [2.75, 3.05) is 6.54 Å². The number of carbonyl (C=O) groups excluding carboxylic acids is 1. The summed E-state index contributed by atoms with van der Waals surface area (Å²) in [4.78, 5) is 11.9. The number of carbonyl (C=O) groups is 1. The Morgan fingerprint density at radius 3 is 2.61 bits per heavy atom. The summed E-state index contributed by atoms with van der Waals surface area (Å²) in [6.45, 7) is 0.0941. The standard InChI is InChI=1S/C10H10F3NO3S/c11-10(12,13)18(16)17-14-4-7-5-1-2-6(3-5)8(7)9(14)15/h1-2,5-8H,3-4H2. The van der Waals surface area contributed by atoms with Crippen LogP contribution in [0.25, 0.3) is 0 Å². The quantitative estimate of drug-likeness (QED) is 0.718. The SMILES string of the molecule is O=C1C2C3C=CC(C3)C2CN1OS(=O)C(F)(F)F. The summed E-state index contributed by atoms with van der Waals surface area (Å²) in [6.07, 6.45) is 4.83. The van der Waals surface area contributed by atoms with Crippen molar-refractivity contribution in [3.8, 4) is 0 Å². The second kappa shape index (κ2) is 3.80. The third-order valence-electron chi connectivity index (χ3n) is 3.88. The van der Waals surface area contributed by atoms with Crippen LogP contribution in [-0.4, -0.2) is 27.2 Å². The molecule has 2 fully saturated rings. The predicted molar refractivity (Wildman–Crippen MR) is 54.7 cm³/mol. The zero-order valence-corrected chi connectivity index (χ0v) is 9.91. The molecule has 18 heavy (non-hydrogen) atoms. The molecular formula is C10H10F3NO3S. The normalized spacial score (nSPS) is 39.5. The highest BCUT2D eigenvalue weighted by Gasteiger charge is 2.56. The molecule has 0 aromatic heterocycles. The molecule has 1 saturated carbocycles. The summed E-state index contributed by atoms with van der Waals surface area (Å²) in [5.74, 6) is -0.449. The lowest BCUT2D eigenvalue weighted by Gasteiger charge is -2.17. The Morgan fingerprint density at radius 2 is 2.00 bits per heavy atom. The fourth-order valence-corrected chi connectivity index (χ4v) is 3.56. The molecular weight excluding hydrogens is 271 g/mol. The van der Waals surface area contributed by atoms with E-state index < -0.39 is 22.5 Å². The second-order valence-corrected chi connectivity index (χ2v) is 5.87. The van der Waals surface area contributed by atoms with Crippen molar-refractivity contribution in [1.82, 2.24) is 5.06 Å². The van der Waals surface area contributed by atoms with Gasteiger partial charge in [-0.3, -0.25) is 4.79 Å². The Balaban J connectivity index is 1.72. The van der Waals surface area contributed by atoms with Gasteiger partial charge in [0.2, 0.25) is 0 Å². The predicted octanol–water partition coefficient (Wildman–Crippen LogP) is 1.38. The van der Waals surface area contributed by atoms with Crippen LogP contribution in [0.3, 0.4) is 0 Å². The maximum Gasteiger partial charge on any atom is 0.499 e. The Kier molecular flexibility index (Phi) is 2.57. The fraction of sp³-hybridized carbons (Fsp3) is 0.700. The van der Waals surface area contributed by atoms with Crippen molar-refractivity contribution in [2.24, 2.45) is 23.7 Å². The molecule has 5 unspecified atom stereocenters. The Labute approximate surface area is 103 Å². The first-order valence-electron chi connectivity index (χ1n) is 5.54. The van der Waals surface area contributed by atoms with Crippen LogP contribution in [-0.2, 0) is 20.2 Å². The van der Waals surface area contributed by atoms with Crippen molar-refractivity contribution < 1.29 is 26.5 Å². The van der Waals surface area contributed by atoms with Crippen LogP contribution in [0.2, 0.25) is 0 Å². The lowest BCUT2D eigenvalue weighted by molar-refractivity contribution is -0.155. The van der Waals surface area contributed by atoms with Gasteiger partial charge in [-0.05, 0) is 24.2 Å². The lowest BCUT2D eigenvalue weighted by atomic mass is 9.86. The van der Waals surface area contributed by atoms with E-state index in [0.717, 1.165) is 6.42 Å². The smallest absolute Gasteiger partial charge is 0.272 e. The van der Waals surface area contributed by atoms with Gasteiger partial charge in [-0.25, -0.2) is 9.27 Å². The molecule has 0 aromatic rings. The molecule has 0 radical (unpaired) electrons. The van der Waals surface area contributed by atoms with E-state index in [4.69, 9.17) is 0 Å². The fourth-order valence-electron chi connectivity index (χ4n) is 3.18. The van der Waals surface area contributed by atoms with Crippen LogP contribution in [0, 0.1) is 23.7 Å². The van der Waals surface area contributed by atoms with Gasteiger partial charge in [-0.2, -0.15) is 17.5 Å². The van der Waals surface area contributed by atoms with E-state index in [9.17, 15) is 22.2 Å². The molecule has 0 aromatic carbocycles. The van der Waals surface area contributed by atoms with Gasteiger partial charge in [-0.15, -0.1) is 0 Å².